The molecule has 0 amide bonds. The van der Waals surface area contributed by atoms with Crippen LogP contribution in [0, 0.1) is 20.8 Å². The number of hydrogen-bond acceptors (Lipinski definition) is 4. The van der Waals surface area contributed by atoms with Crippen LogP contribution < -0.4 is 13.7 Å². The molecule has 10 aromatic rings. The van der Waals surface area contributed by atoms with Crippen molar-refractivity contribution in [1.82, 2.24) is 19.9 Å². The molecule has 342 valence electrons. The summed E-state index contributed by atoms with van der Waals surface area (Å²) in [5.41, 5.74) is 22.5. The van der Waals surface area contributed by atoms with Gasteiger partial charge in [0.05, 0.1) is 33.6 Å². The number of thiocarbonyl (C=S) groups is 1. The number of aliphatic imine (C=N–C) groups is 1. The number of H-pyrrole nitrogens is 2. The Morgan fingerprint density at radius 2 is 0.625 bits per heavy atom. The van der Waals surface area contributed by atoms with Crippen molar-refractivity contribution in [2.24, 2.45) is 4.99 Å². The standard InChI is InChI=1S/C63H47N8S/c1-41-28-34-69(35-29-41)49-14-6-45(7-15-49)61-54-22-20-52(65-54)60(44-4-12-48(13-5-44)64-40-72)53-21-23-55(66-53)62(46-8-16-50(17-9-46)70-36-30-42(2)31-37-70)57-25-27-59(68-57)63(58-26-24-56(61)67-58)47-10-18-51(19-11-47)71-38-32-43(3)33-39-71/h4-39,65,68H,1-3H3/q+3. The highest BCUT2D eigenvalue weighted by molar-refractivity contribution is 7.78. The van der Waals surface area contributed by atoms with Gasteiger partial charge in [0, 0.05) is 117 Å². The summed E-state index contributed by atoms with van der Waals surface area (Å²) in [5.74, 6) is 0. The Labute approximate surface area is 422 Å². The Hall–Kier alpha value is -9.27. The maximum atomic E-state index is 5.56. The van der Waals surface area contributed by atoms with E-state index in [1.165, 1.54) is 16.7 Å². The van der Waals surface area contributed by atoms with Gasteiger partial charge in [0.25, 0.3) is 0 Å². The summed E-state index contributed by atoms with van der Waals surface area (Å²) in [6, 6.07) is 55.5. The minimum Gasteiger partial charge on any atom is -0.354 e. The zero-order valence-corrected chi connectivity index (χ0v) is 40.7. The van der Waals surface area contributed by atoms with Crippen LogP contribution >= 0.6 is 12.2 Å². The molecule has 2 N–H and O–H groups in total. The van der Waals surface area contributed by atoms with Crippen LogP contribution in [0.1, 0.15) is 39.5 Å². The predicted molar refractivity (Wildman–Crippen MR) is 294 cm³/mol. The Morgan fingerprint density at radius 3 is 0.889 bits per heavy atom. The van der Waals surface area contributed by atoms with Gasteiger partial charge in [-0.05, 0) is 169 Å². The summed E-state index contributed by atoms with van der Waals surface area (Å²) in [6.45, 7) is 6.31. The lowest BCUT2D eigenvalue weighted by Gasteiger charge is -2.07. The molecule has 0 aliphatic carbocycles. The van der Waals surface area contributed by atoms with Gasteiger partial charge in [0.2, 0.25) is 17.1 Å². The molecule has 8 heterocycles. The average molecular weight is 948 g/mol. The van der Waals surface area contributed by atoms with E-state index in [9.17, 15) is 0 Å². The third-order valence-electron chi connectivity index (χ3n) is 13.4. The SMILES string of the molecule is Cc1cc[n+](-c2ccc(-c3c4nc(c(-c5ccc(-[n+]6ccc(C)cc6)cc5)c5ccc([nH]5)c(-c5ccc(-[n+]6ccc(C)cc6)cc5)c5nc(c(-c6ccc(N=C=S)cc6)c6ccc3[nH]6)C=C5)C=C4)cc2)cc1. The summed E-state index contributed by atoms with van der Waals surface area (Å²) >= 11 is 4.96. The van der Waals surface area contributed by atoms with E-state index >= 15 is 0 Å². The van der Waals surface area contributed by atoms with E-state index in [2.05, 4.69) is 262 Å². The topological polar surface area (TPSA) is 81.4 Å². The van der Waals surface area contributed by atoms with E-state index in [0.29, 0.717) is 0 Å². The molecule has 0 fully saturated rings. The van der Waals surface area contributed by atoms with Gasteiger partial charge in [0.1, 0.15) is 0 Å². The molecule has 8 nitrogen and oxygen atoms in total. The second-order valence-electron chi connectivity index (χ2n) is 18.2. The maximum absolute atomic E-state index is 5.56. The molecule has 9 heteroatoms. The average Bonchev–Trinajstić information content (AvgIpc) is 4.27. The summed E-state index contributed by atoms with van der Waals surface area (Å²) in [4.78, 5) is 23.1. The lowest BCUT2D eigenvalue weighted by atomic mass is 10.0. The first-order valence-corrected chi connectivity index (χ1v) is 24.3. The predicted octanol–water partition coefficient (Wildman–Crippen LogP) is 13.8. The van der Waals surface area contributed by atoms with Crippen molar-refractivity contribution in [1.29, 1.82) is 0 Å². The fourth-order valence-electron chi connectivity index (χ4n) is 9.60. The molecule has 0 saturated heterocycles. The van der Waals surface area contributed by atoms with Gasteiger partial charge in [-0.3, -0.25) is 0 Å². The Bertz CT molecular complexity index is 3900. The van der Waals surface area contributed by atoms with Gasteiger partial charge < -0.3 is 9.97 Å². The van der Waals surface area contributed by atoms with Crippen molar-refractivity contribution >= 4 is 69.4 Å². The quantitative estimate of drug-likeness (QED) is 0.0904. The molecule has 0 spiro atoms. The first kappa shape index (κ1) is 44.0. The van der Waals surface area contributed by atoms with E-state index < -0.39 is 0 Å². The lowest BCUT2D eigenvalue weighted by molar-refractivity contribution is -0.596. The number of aryl methyl sites for hydroxylation is 3. The summed E-state index contributed by atoms with van der Waals surface area (Å²) in [5, 5.41) is 2.51. The Kier molecular flexibility index (Phi) is 11.3. The summed E-state index contributed by atoms with van der Waals surface area (Å²) < 4.78 is 6.41. The monoisotopic (exact) mass is 947 g/mol. The van der Waals surface area contributed by atoms with Crippen molar-refractivity contribution in [2.45, 2.75) is 20.8 Å². The number of isothiocyanates is 1. The van der Waals surface area contributed by atoms with Crippen LogP contribution in [-0.2, 0) is 0 Å². The number of nitrogens with one attached hydrogen (secondary N) is 2. The molecule has 72 heavy (non-hydrogen) atoms. The van der Waals surface area contributed by atoms with E-state index in [-0.39, 0.29) is 0 Å². The van der Waals surface area contributed by atoms with Crippen molar-refractivity contribution in [3.05, 3.63) is 234 Å². The Morgan fingerprint density at radius 1 is 0.361 bits per heavy atom. The molecule has 2 aliphatic rings. The number of pyridine rings is 3. The third kappa shape index (κ3) is 8.49. The van der Waals surface area contributed by atoms with Crippen molar-refractivity contribution in [3.63, 3.8) is 0 Å². The van der Waals surface area contributed by atoms with Crippen molar-refractivity contribution in [2.75, 3.05) is 0 Å². The molecular formula is C63H47N8S+3. The minimum atomic E-state index is 0.731. The molecule has 0 saturated carbocycles. The number of hydrogen-bond donors (Lipinski definition) is 2. The zero-order valence-electron chi connectivity index (χ0n) is 39.9. The highest BCUT2D eigenvalue weighted by Crippen LogP contribution is 2.39. The second kappa shape index (κ2) is 18.6. The molecule has 0 radical (unpaired) electrons. The van der Waals surface area contributed by atoms with Crippen LogP contribution in [0.15, 0.2) is 200 Å². The lowest BCUT2D eigenvalue weighted by Crippen LogP contribution is -2.29. The first-order chi connectivity index (χ1) is 35.3. The maximum Gasteiger partial charge on any atom is 0.210 e. The van der Waals surface area contributed by atoms with Crippen LogP contribution in [0.4, 0.5) is 5.69 Å². The highest BCUT2D eigenvalue weighted by atomic mass is 32.1. The fraction of sp³-hybridized carbons (Fsp3) is 0.0476. The van der Waals surface area contributed by atoms with Crippen LogP contribution in [0.3, 0.4) is 0 Å². The van der Waals surface area contributed by atoms with E-state index in [1.807, 2.05) is 12.1 Å². The summed E-state index contributed by atoms with van der Waals surface area (Å²) in [7, 11) is 0. The first-order valence-electron chi connectivity index (χ1n) is 23.9. The molecule has 0 unspecified atom stereocenters. The van der Waals surface area contributed by atoms with E-state index in [4.69, 9.17) is 22.2 Å². The van der Waals surface area contributed by atoms with Crippen LogP contribution in [-0.4, -0.2) is 25.1 Å². The summed E-state index contributed by atoms with van der Waals surface area (Å²) in [6.07, 6.45) is 21.1. The zero-order chi connectivity index (χ0) is 48.7. The van der Waals surface area contributed by atoms with Gasteiger partial charge >= 0.3 is 0 Å². The smallest absolute Gasteiger partial charge is 0.210 e. The molecule has 0 atom stereocenters. The van der Waals surface area contributed by atoms with Gasteiger partial charge in [-0.2, -0.15) is 18.7 Å². The molecular weight excluding hydrogens is 901 g/mol. The van der Waals surface area contributed by atoms with Crippen molar-refractivity contribution < 1.29 is 13.7 Å². The number of aromatic amines is 2. The number of benzene rings is 4. The van der Waals surface area contributed by atoms with Crippen LogP contribution in [0.2, 0.25) is 0 Å². The van der Waals surface area contributed by atoms with Crippen molar-refractivity contribution in [3.8, 4) is 61.6 Å². The molecule has 8 bridgehead atoms. The minimum absolute atomic E-state index is 0.731. The molecule has 4 aromatic carbocycles. The largest absolute Gasteiger partial charge is 0.354 e. The number of aromatic nitrogens is 7. The molecule has 6 aromatic heterocycles. The molecule has 2 aliphatic heterocycles. The van der Waals surface area contributed by atoms with E-state index in [0.717, 1.165) is 112 Å². The number of fused-ring (bicyclic) bond motifs is 8. The number of nitrogens with zero attached hydrogens (tertiary/aromatic N) is 6. The number of rotatable bonds is 8. The van der Waals surface area contributed by atoms with Gasteiger partial charge in [0.15, 0.2) is 37.2 Å². The van der Waals surface area contributed by atoms with Gasteiger partial charge in [-0.15, -0.1) is 0 Å². The van der Waals surface area contributed by atoms with Gasteiger partial charge in [-0.25, -0.2) is 9.97 Å². The second-order valence-corrected chi connectivity index (χ2v) is 18.4. The Balaban J connectivity index is 1.14. The highest BCUT2D eigenvalue weighted by Gasteiger charge is 2.21. The molecule has 12 rings (SSSR count). The fourth-order valence-corrected chi connectivity index (χ4v) is 9.70. The van der Waals surface area contributed by atoms with Crippen LogP contribution in [0.25, 0.3) is 108 Å². The van der Waals surface area contributed by atoms with Crippen LogP contribution in [0.5, 0.6) is 0 Å². The van der Waals surface area contributed by atoms with Gasteiger partial charge in [-0.1, -0.05) is 12.1 Å². The third-order valence-corrected chi connectivity index (χ3v) is 13.5. The normalized spacial score (nSPS) is 11.7. The van der Waals surface area contributed by atoms with E-state index in [1.54, 1.807) is 0 Å².